The molecule has 1 rings (SSSR count). The summed E-state index contributed by atoms with van der Waals surface area (Å²) < 4.78 is 6.41. The van der Waals surface area contributed by atoms with E-state index in [9.17, 15) is 0 Å². The van der Waals surface area contributed by atoms with E-state index in [0.717, 1.165) is 21.8 Å². The molecule has 0 aliphatic heterocycles. The van der Waals surface area contributed by atoms with E-state index in [1.165, 1.54) is 5.75 Å². The van der Waals surface area contributed by atoms with Crippen molar-refractivity contribution in [1.29, 1.82) is 0 Å². The van der Waals surface area contributed by atoms with Gasteiger partial charge in [0, 0.05) is 11.8 Å². The Balaban J connectivity index is 2.20. The average Bonchev–Trinajstić information content (AvgIpc) is 2.58. The van der Waals surface area contributed by atoms with Crippen LogP contribution in [-0.4, -0.2) is 17.5 Å². The first-order chi connectivity index (χ1) is 6.72. The van der Waals surface area contributed by atoms with Gasteiger partial charge in [0.1, 0.15) is 5.76 Å². The second-order valence-electron chi connectivity index (χ2n) is 3.15. The molecule has 0 saturated carbocycles. The van der Waals surface area contributed by atoms with Gasteiger partial charge in [-0.25, -0.2) is 0 Å². The fraction of sp³-hybridized carbons (Fsp3) is 0.600. The molecule has 1 N–H and O–H groups in total. The summed E-state index contributed by atoms with van der Waals surface area (Å²) in [4.78, 5) is 0. The van der Waals surface area contributed by atoms with Crippen molar-refractivity contribution < 1.29 is 4.42 Å². The maximum atomic E-state index is 5.46. The van der Waals surface area contributed by atoms with Crippen LogP contribution in [0.3, 0.4) is 0 Å². The van der Waals surface area contributed by atoms with E-state index in [2.05, 4.69) is 41.8 Å². The third-order valence-electron chi connectivity index (χ3n) is 1.83. The van der Waals surface area contributed by atoms with Crippen LogP contribution in [0.4, 0.5) is 0 Å². The molecule has 1 atom stereocenters. The van der Waals surface area contributed by atoms with Crippen molar-refractivity contribution >= 4 is 34.4 Å². The number of hydrogen-bond acceptors (Lipinski definition) is 3. The van der Waals surface area contributed by atoms with Crippen molar-refractivity contribution in [1.82, 2.24) is 5.32 Å². The average molecular weight is 325 g/mol. The van der Waals surface area contributed by atoms with Gasteiger partial charge in [0.15, 0.2) is 3.77 Å². The highest BCUT2D eigenvalue weighted by Gasteiger charge is 2.03. The van der Waals surface area contributed by atoms with Crippen molar-refractivity contribution in [3.8, 4) is 0 Å². The van der Waals surface area contributed by atoms with Gasteiger partial charge in [-0.2, -0.15) is 11.8 Å². The van der Waals surface area contributed by atoms with Crippen LogP contribution < -0.4 is 5.32 Å². The Morgan fingerprint density at radius 1 is 1.57 bits per heavy atom. The van der Waals surface area contributed by atoms with E-state index >= 15 is 0 Å². The van der Waals surface area contributed by atoms with E-state index in [1.807, 2.05) is 23.9 Å². The maximum absolute atomic E-state index is 5.46. The molecule has 80 valence electrons. The van der Waals surface area contributed by atoms with E-state index in [-0.39, 0.29) is 0 Å². The third-order valence-corrected chi connectivity index (χ3v) is 3.55. The quantitative estimate of drug-likeness (QED) is 0.814. The molecule has 0 saturated heterocycles. The van der Waals surface area contributed by atoms with Crippen molar-refractivity contribution in [3.05, 3.63) is 21.7 Å². The highest BCUT2D eigenvalue weighted by atomic mass is 127. The van der Waals surface area contributed by atoms with Crippen molar-refractivity contribution in [3.63, 3.8) is 0 Å². The number of thioether (sulfide) groups is 1. The zero-order chi connectivity index (χ0) is 10.4. The summed E-state index contributed by atoms with van der Waals surface area (Å²) in [5.41, 5.74) is 0. The highest BCUT2D eigenvalue weighted by molar-refractivity contribution is 14.1. The van der Waals surface area contributed by atoms with Gasteiger partial charge in [-0.15, -0.1) is 0 Å². The fourth-order valence-electron chi connectivity index (χ4n) is 1.08. The Kier molecular flexibility index (Phi) is 5.96. The summed E-state index contributed by atoms with van der Waals surface area (Å²) in [6, 6.07) is 4.56. The van der Waals surface area contributed by atoms with Crippen LogP contribution in [0.1, 0.15) is 19.6 Å². The Morgan fingerprint density at radius 2 is 2.36 bits per heavy atom. The number of nitrogens with one attached hydrogen (secondary N) is 1. The Morgan fingerprint density at radius 3 is 2.93 bits per heavy atom. The first kappa shape index (κ1) is 12.4. The summed E-state index contributed by atoms with van der Waals surface area (Å²) >= 11 is 4.14. The van der Waals surface area contributed by atoms with Crippen molar-refractivity contribution in [2.45, 2.75) is 26.4 Å². The van der Waals surface area contributed by atoms with Crippen molar-refractivity contribution in [2.24, 2.45) is 0 Å². The lowest BCUT2D eigenvalue weighted by atomic mass is 10.3. The molecule has 0 spiro atoms. The van der Waals surface area contributed by atoms with Gasteiger partial charge in [-0.3, -0.25) is 0 Å². The third kappa shape index (κ3) is 4.70. The summed E-state index contributed by atoms with van der Waals surface area (Å²) in [5, 5.41) is 3.43. The molecular formula is C10H16INOS. The lowest BCUT2D eigenvalue weighted by Crippen LogP contribution is -2.27. The minimum absolute atomic E-state index is 0.544. The van der Waals surface area contributed by atoms with Crippen LogP contribution in [0.5, 0.6) is 0 Å². The number of rotatable bonds is 6. The van der Waals surface area contributed by atoms with Crippen molar-refractivity contribution in [2.75, 3.05) is 11.5 Å². The van der Waals surface area contributed by atoms with Crippen LogP contribution in [0, 0.1) is 3.77 Å². The van der Waals surface area contributed by atoms with Gasteiger partial charge < -0.3 is 9.73 Å². The van der Waals surface area contributed by atoms with Gasteiger partial charge in [0.2, 0.25) is 0 Å². The van der Waals surface area contributed by atoms with Gasteiger partial charge in [-0.05, 0) is 47.4 Å². The number of halogens is 1. The van der Waals surface area contributed by atoms with E-state index < -0.39 is 0 Å². The molecular weight excluding hydrogens is 309 g/mol. The van der Waals surface area contributed by atoms with E-state index in [1.54, 1.807) is 0 Å². The molecule has 0 aliphatic carbocycles. The topological polar surface area (TPSA) is 25.2 Å². The lowest BCUT2D eigenvalue weighted by Gasteiger charge is -2.11. The van der Waals surface area contributed by atoms with Crippen LogP contribution in [0.2, 0.25) is 0 Å². The van der Waals surface area contributed by atoms with Crippen LogP contribution in [0.15, 0.2) is 16.5 Å². The Hall–Kier alpha value is 0.320. The molecule has 0 radical (unpaired) electrons. The first-order valence-electron chi connectivity index (χ1n) is 4.77. The van der Waals surface area contributed by atoms with Crippen LogP contribution >= 0.6 is 34.4 Å². The largest absolute Gasteiger partial charge is 0.454 e. The Bertz CT molecular complexity index is 264. The number of furan rings is 1. The second-order valence-corrected chi connectivity index (χ2v) is 5.53. The summed E-state index contributed by atoms with van der Waals surface area (Å²) in [5.74, 6) is 3.36. The molecule has 0 aromatic carbocycles. The monoisotopic (exact) mass is 325 g/mol. The van der Waals surface area contributed by atoms with E-state index in [0.29, 0.717) is 6.04 Å². The molecule has 14 heavy (non-hydrogen) atoms. The fourth-order valence-corrected chi connectivity index (χ4v) is 2.24. The van der Waals surface area contributed by atoms with Gasteiger partial charge >= 0.3 is 0 Å². The minimum atomic E-state index is 0.544. The van der Waals surface area contributed by atoms with Gasteiger partial charge in [0.25, 0.3) is 0 Å². The lowest BCUT2D eigenvalue weighted by molar-refractivity contribution is 0.450. The van der Waals surface area contributed by atoms with Crippen LogP contribution in [0.25, 0.3) is 0 Å². The summed E-state index contributed by atoms with van der Waals surface area (Å²) in [7, 11) is 0. The molecule has 0 aliphatic rings. The highest BCUT2D eigenvalue weighted by Crippen LogP contribution is 2.10. The maximum Gasteiger partial charge on any atom is 0.164 e. The summed E-state index contributed by atoms with van der Waals surface area (Å²) in [6.07, 6.45) is 0. The second kappa shape index (κ2) is 6.74. The zero-order valence-electron chi connectivity index (χ0n) is 8.55. The molecule has 1 aromatic rings. The predicted octanol–water partition coefficient (Wildman–Crippen LogP) is 3.12. The van der Waals surface area contributed by atoms with Gasteiger partial charge in [-0.1, -0.05) is 6.92 Å². The predicted molar refractivity (Wildman–Crippen MR) is 70.7 cm³/mol. The number of hydrogen-bond donors (Lipinski definition) is 1. The summed E-state index contributed by atoms with van der Waals surface area (Å²) in [6.45, 7) is 5.22. The normalized spacial score (nSPS) is 13.1. The standard InChI is InChI=1S/C10H16INOS/c1-3-14-7-8(2)12-6-9-4-5-10(11)13-9/h4-5,8,12H,3,6-7H2,1-2H3. The Labute approximate surface area is 103 Å². The molecule has 1 unspecified atom stereocenters. The minimum Gasteiger partial charge on any atom is -0.454 e. The van der Waals surface area contributed by atoms with Crippen LogP contribution in [-0.2, 0) is 6.54 Å². The molecule has 0 fully saturated rings. The zero-order valence-corrected chi connectivity index (χ0v) is 11.5. The molecule has 2 nitrogen and oxygen atoms in total. The van der Waals surface area contributed by atoms with E-state index in [4.69, 9.17) is 4.42 Å². The molecule has 4 heteroatoms. The molecule has 1 heterocycles. The smallest absolute Gasteiger partial charge is 0.164 e. The molecule has 1 aromatic heterocycles. The van der Waals surface area contributed by atoms with Gasteiger partial charge in [0.05, 0.1) is 6.54 Å². The molecule has 0 amide bonds. The first-order valence-corrected chi connectivity index (χ1v) is 7.01. The SMILES string of the molecule is CCSCC(C)NCc1ccc(I)o1. The molecule has 0 bridgehead atoms.